The van der Waals surface area contributed by atoms with Crippen molar-refractivity contribution in [3.8, 4) is 5.75 Å². The average Bonchev–Trinajstić information content (AvgIpc) is 2.73. The highest BCUT2D eigenvalue weighted by molar-refractivity contribution is 7.89. The summed E-state index contributed by atoms with van der Waals surface area (Å²) in [5, 5.41) is 2.79. The number of nitrogens with one attached hydrogen (secondary N) is 1. The van der Waals surface area contributed by atoms with Gasteiger partial charge in [-0.3, -0.25) is 9.59 Å². The number of hydrogen-bond donors (Lipinski definition) is 1. The van der Waals surface area contributed by atoms with E-state index >= 15 is 0 Å². The molecule has 3 rings (SSSR count). The number of benzene rings is 2. The summed E-state index contributed by atoms with van der Waals surface area (Å²) in [5.41, 5.74) is 1.22. The van der Waals surface area contributed by atoms with E-state index in [-0.39, 0.29) is 17.3 Å². The number of rotatable bonds is 6. The van der Waals surface area contributed by atoms with Crippen LogP contribution < -0.4 is 10.1 Å². The van der Waals surface area contributed by atoms with Crippen LogP contribution in [0.5, 0.6) is 5.75 Å². The van der Waals surface area contributed by atoms with Gasteiger partial charge < -0.3 is 15.0 Å². The van der Waals surface area contributed by atoms with Crippen LogP contribution >= 0.6 is 0 Å². The molecule has 0 bridgehead atoms. The summed E-state index contributed by atoms with van der Waals surface area (Å²) in [7, 11) is -1.53. The lowest BCUT2D eigenvalue weighted by Gasteiger charge is -2.31. The molecule has 0 atom stereocenters. The van der Waals surface area contributed by atoms with Crippen LogP contribution in [0.2, 0.25) is 0 Å². The first-order valence-corrected chi connectivity index (χ1v) is 11.0. The van der Waals surface area contributed by atoms with Crippen LogP contribution in [0.3, 0.4) is 0 Å². The lowest BCUT2D eigenvalue weighted by molar-refractivity contribution is -0.131. The van der Waals surface area contributed by atoms with E-state index in [9.17, 15) is 18.0 Å². The Labute approximate surface area is 176 Å². The molecular weight excluding hydrogens is 406 g/mol. The summed E-state index contributed by atoms with van der Waals surface area (Å²) in [6, 6.07) is 12.8. The van der Waals surface area contributed by atoms with E-state index in [1.54, 1.807) is 48.5 Å². The molecule has 2 aromatic carbocycles. The second kappa shape index (κ2) is 9.38. The van der Waals surface area contributed by atoms with Crippen LogP contribution in [0.4, 0.5) is 0 Å². The first kappa shape index (κ1) is 21.9. The zero-order valence-electron chi connectivity index (χ0n) is 17.0. The van der Waals surface area contributed by atoms with Gasteiger partial charge in [0.15, 0.2) is 0 Å². The van der Waals surface area contributed by atoms with Gasteiger partial charge in [-0.25, -0.2) is 8.42 Å². The minimum Gasteiger partial charge on any atom is -0.427 e. The van der Waals surface area contributed by atoms with Crippen LogP contribution in [0.15, 0.2) is 53.4 Å². The van der Waals surface area contributed by atoms with Gasteiger partial charge in [-0.05, 0) is 49.0 Å². The molecule has 1 heterocycles. The minimum absolute atomic E-state index is 0.253. The third-order valence-electron chi connectivity index (χ3n) is 4.85. The van der Waals surface area contributed by atoms with Gasteiger partial charge >= 0.3 is 5.97 Å². The van der Waals surface area contributed by atoms with Crippen molar-refractivity contribution >= 4 is 21.9 Å². The highest BCUT2D eigenvalue weighted by Crippen LogP contribution is 2.18. The van der Waals surface area contributed by atoms with Crippen molar-refractivity contribution < 1.29 is 22.7 Å². The predicted octanol–water partition coefficient (Wildman–Crippen LogP) is 1.48. The Balaban J connectivity index is 1.58. The fourth-order valence-electron chi connectivity index (χ4n) is 3.08. The molecule has 0 radical (unpaired) electrons. The molecule has 0 aliphatic carbocycles. The zero-order valence-corrected chi connectivity index (χ0v) is 17.8. The van der Waals surface area contributed by atoms with Crippen molar-refractivity contribution in [2.75, 3.05) is 33.2 Å². The number of hydrogen-bond acceptors (Lipinski definition) is 6. The molecule has 0 spiro atoms. The number of amides is 1. The fourth-order valence-corrected chi connectivity index (χ4v) is 4.50. The molecule has 2 aromatic rings. The van der Waals surface area contributed by atoms with E-state index in [2.05, 4.69) is 10.2 Å². The van der Waals surface area contributed by atoms with Crippen molar-refractivity contribution in [3.05, 3.63) is 59.7 Å². The van der Waals surface area contributed by atoms with Crippen molar-refractivity contribution in [2.45, 2.75) is 18.4 Å². The molecule has 30 heavy (non-hydrogen) atoms. The second-order valence-electron chi connectivity index (χ2n) is 7.15. The SMILES string of the molecule is CC(=O)Oc1ccc(C(=O)NCc2ccc(S(=O)(=O)N3CCN(C)CC3)cc2)cc1. The summed E-state index contributed by atoms with van der Waals surface area (Å²) < 4.78 is 32.0. The topological polar surface area (TPSA) is 96.0 Å². The summed E-state index contributed by atoms with van der Waals surface area (Å²) in [6.07, 6.45) is 0. The summed E-state index contributed by atoms with van der Waals surface area (Å²) in [6.45, 7) is 3.96. The van der Waals surface area contributed by atoms with Crippen LogP contribution in [-0.2, 0) is 21.4 Å². The molecule has 1 fully saturated rings. The van der Waals surface area contributed by atoms with E-state index in [4.69, 9.17) is 4.74 Å². The maximum Gasteiger partial charge on any atom is 0.308 e. The number of nitrogens with zero attached hydrogens (tertiary/aromatic N) is 2. The molecule has 9 heteroatoms. The smallest absolute Gasteiger partial charge is 0.308 e. The van der Waals surface area contributed by atoms with E-state index in [1.165, 1.54) is 11.2 Å². The highest BCUT2D eigenvalue weighted by Gasteiger charge is 2.27. The minimum atomic E-state index is -3.51. The van der Waals surface area contributed by atoms with Crippen LogP contribution in [0, 0.1) is 0 Å². The summed E-state index contributed by atoms with van der Waals surface area (Å²) in [5.74, 6) is -0.333. The maximum absolute atomic E-state index is 12.8. The molecule has 1 N–H and O–H groups in total. The quantitative estimate of drug-likeness (QED) is 0.550. The van der Waals surface area contributed by atoms with Gasteiger partial charge in [0, 0.05) is 45.2 Å². The Kier molecular flexibility index (Phi) is 6.86. The Hall–Kier alpha value is -2.75. The molecule has 1 amide bonds. The molecule has 0 aromatic heterocycles. The fraction of sp³-hybridized carbons (Fsp3) is 0.333. The molecule has 1 aliphatic rings. The van der Waals surface area contributed by atoms with Gasteiger partial charge in [-0.15, -0.1) is 0 Å². The van der Waals surface area contributed by atoms with Gasteiger partial charge in [0.2, 0.25) is 10.0 Å². The van der Waals surface area contributed by atoms with Gasteiger partial charge in [0.25, 0.3) is 5.91 Å². The van der Waals surface area contributed by atoms with Gasteiger partial charge in [0.05, 0.1) is 4.90 Å². The summed E-state index contributed by atoms with van der Waals surface area (Å²) in [4.78, 5) is 25.6. The number of ether oxygens (including phenoxy) is 1. The molecule has 8 nitrogen and oxygen atoms in total. The number of likely N-dealkylation sites (N-methyl/N-ethyl adjacent to an activating group) is 1. The first-order chi connectivity index (χ1) is 14.3. The van der Waals surface area contributed by atoms with E-state index in [0.717, 1.165) is 5.56 Å². The van der Waals surface area contributed by atoms with Crippen LogP contribution in [0.25, 0.3) is 0 Å². The lowest BCUT2D eigenvalue weighted by Crippen LogP contribution is -2.47. The average molecular weight is 432 g/mol. The van der Waals surface area contributed by atoms with E-state index < -0.39 is 16.0 Å². The normalized spacial score (nSPS) is 15.5. The second-order valence-corrected chi connectivity index (χ2v) is 9.09. The Morgan fingerprint density at radius 3 is 2.13 bits per heavy atom. The highest BCUT2D eigenvalue weighted by atomic mass is 32.2. The van der Waals surface area contributed by atoms with Crippen LogP contribution in [0.1, 0.15) is 22.8 Å². The summed E-state index contributed by atoms with van der Waals surface area (Å²) >= 11 is 0. The standard InChI is InChI=1S/C21H25N3O5S/c1-16(25)29-19-7-5-18(6-8-19)21(26)22-15-17-3-9-20(10-4-17)30(27,28)24-13-11-23(2)12-14-24/h3-10H,11-15H2,1-2H3,(H,22,26). The Morgan fingerprint density at radius 2 is 1.57 bits per heavy atom. The predicted molar refractivity (Wildman–Crippen MR) is 112 cm³/mol. The van der Waals surface area contributed by atoms with E-state index in [0.29, 0.717) is 37.5 Å². The molecule has 0 unspecified atom stereocenters. The largest absolute Gasteiger partial charge is 0.427 e. The Morgan fingerprint density at radius 1 is 0.967 bits per heavy atom. The lowest BCUT2D eigenvalue weighted by atomic mass is 10.2. The van der Waals surface area contributed by atoms with Gasteiger partial charge in [0.1, 0.15) is 5.75 Å². The van der Waals surface area contributed by atoms with Crippen molar-refractivity contribution in [1.82, 2.24) is 14.5 Å². The maximum atomic E-state index is 12.8. The number of piperazine rings is 1. The van der Waals surface area contributed by atoms with Crippen molar-refractivity contribution in [3.63, 3.8) is 0 Å². The first-order valence-electron chi connectivity index (χ1n) is 9.60. The number of carbonyl (C=O) groups is 2. The molecule has 1 aliphatic heterocycles. The molecule has 160 valence electrons. The van der Waals surface area contributed by atoms with Gasteiger partial charge in [-0.2, -0.15) is 4.31 Å². The van der Waals surface area contributed by atoms with Gasteiger partial charge in [-0.1, -0.05) is 12.1 Å². The van der Waals surface area contributed by atoms with Crippen molar-refractivity contribution in [2.24, 2.45) is 0 Å². The Bertz CT molecular complexity index is 996. The zero-order chi connectivity index (χ0) is 21.7. The van der Waals surface area contributed by atoms with E-state index in [1.807, 2.05) is 7.05 Å². The monoisotopic (exact) mass is 431 g/mol. The molecule has 0 saturated carbocycles. The molecule has 1 saturated heterocycles. The third-order valence-corrected chi connectivity index (χ3v) is 6.77. The van der Waals surface area contributed by atoms with Crippen LogP contribution in [-0.4, -0.2) is 62.7 Å². The van der Waals surface area contributed by atoms with Crippen molar-refractivity contribution in [1.29, 1.82) is 0 Å². The molecular formula is C21H25N3O5S. The number of sulfonamides is 1. The number of carbonyl (C=O) groups excluding carboxylic acids is 2. The number of esters is 1. The third kappa shape index (κ3) is 5.44.